The molecule has 0 saturated heterocycles. The Morgan fingerprint density at radius 3 is 2.66 bits per heavy atom. The van der Waals surface area contributed by atoms with E-state index >= 15 is 0 Å². The maximum Gasteiger partial charge on any atom is 0.337 e. The first-order valence-corrected chi connectivity index (χ1v) is 9.95. The molecule has 5 rings (SSSR count). The molecule has 0 spiro atoms. The van der Waals surface area contributed by atoms with Gasteiger partial charge >= 0.3 is 5.97 Å². The molecule has 1 aliphatic rings. The maximum absolute atomic E-state index is 12.3. The molecule has 32 heavy (non-hydrogen) atoms. The van der Waals surface area contributed by atoms with E-state index in [1.54, 1.807) is 18.3 Å². The van der Waals surface area contributed by atoms with Gasteiger partial charge in [-0.3, -0.25) is 9.89 Å². The minimum atomic E-state index is -0.362. The third-order valence-electron chi connectivity index (χ3n) is 5.27. The number of anilines is 1. The molecule has 3 heterocycles. The lowest BCUT2D eigenvalue weighted by atomic mass is 10.0. The number of hydrogen-bond donors (Lipinski definition) is 2. The molecule has 2 N–H and O–H groups in total. The molecule has 7 heteroatoms. The van der Waals surface area contributed by atoms with Crippen LogP contribution in [0.5, 0.6) is 0 Å². The van der Waals surface area contributed by atoms with Gasteiger partial charge in [0.1, 0.15) is 5.82 Å². The van der Waals surface area contributed by atoms with Crippen molar-refractivity contribution in [3.05, 3.63) is 88.7 Å². The molecule has 0 saturated carbocycles. The van der Waals surface area contributed by atoms with Gasteiger partial charge in [0.15, 0.2) is 0 Å². The van der Waals surface area contributed by atoms with Crippen LogP contribution in [0.25, 0.3) is 34.7 Å². The molecule has 156 valence electrons. The van der Waals surface area contributed by atoms with Gasteiger partial charge in [-0.2, -0.15) is 5.10 Å². The summed E-state index contributed by atoms with van der Waals surface area (Å²) in [5, 5.41) is 11.2. The number of rotatable bonds is 4. The largest absolute Gasteiger partial charge is 0.465 e. The molecule has 7 nitrogen and oxygen atoms in total. The van der Waals surface area contributed by atoms with E-state index in [1.165, 1.54) is 7.11 Å². The number of pyridine rings is 1. The zero-order valence-corrected chi connectivity index (χ0v) is 17.1. The lowest BCUT2D eigenvalue weighted by Crippen LogP contribution is -2.04. The first kappa shape index (κ1) is 19.4. The minimum Gasteiger partial charge on any atom is -0.465 e. The first-order chi connectivity index (χ1) is 15.6. The van der Waals surface area contributed by atoms with Crippen LogP contribution in [0, 0.1) is 0 Å². The number of amides is 1. The fourth-order valence-corrected chi connectivity index (χ4v) is 3.63. The molecule has 0 atom stereocenters. The van der Waals surface area contributed by atoms with Crippen LogP contribution < -0.4 is 5.32 Å². The molecular formula is C25H18N4O3. The Bertz CT molecular complexity index is 1410. The van der Waals surface area contributed by atoms with Crippen LogP contribution in [-0.2, 0) is 9.53 Å². The zero-order valence-electron chi connectivity index (χ0n) is 17.1. The lowest BCUT2D eigenvalue weighted by molar-refractivity contribution is -0.110. The molecule has 0 fully saturated rings. The molecular weight excluding hydrogens is 404 g/mol. The van der Waals surface area contributed by atoms with Crippen molar-refractivity contribution in [2.45, 2.75) is 0 Å². The number of benzene rings is 2. The Kier molecular flexibility index (Phi) is 4.84. The number of hydrogen-bond acceptors (Lipinski definition) is 5. The Balaban J connectivity index is 1.41. The fourth-order valence-electron chi connectivity index (χ4n) is 3.63. The quantitative estimate of drug-likeness (QED) is 0.375. The average molecular weight is 422 g/mol. The summed E-state index contributed by atoms with van der Waals surface area (Å²) in [6, 6.07) is 16.7. The third-order valence-corrected chi connectivity index (χ3v) is 5.27. The number of nitrogens with zero attached hydrogens (tertiary/aromatic N) is 2. The Morgan fingerprint density at radius 2 is 1.84 bits per heavy atom. The third kappa shape index (κ3) is 3.56. The van der Waals surface area contributed by atoms with Crippen molar-refractivity contribution in [3.63, 3.8) is 0 Å². The maximum atomic E-state index is 12.3. The Labute approximate surface area is 183 Å². The molecule has 1 aliphatic heterocycles. The SMILES string of the molecule is COC(=O)c1ccc(/C=C/c2n[nH]c3cc(C=C4C(=O)Nc5ncccc54)ccc23)cc1. The van der Waals surface area contributed by atoms with Crippen LogP contribution in [0.15, 0.2) is 60.8 Å². The second kappa shape index (κ2) is 7.96. The lowest BCUT2D eigenvalue weighted by Gasteiger charge is -1.99. The Hall–Kier alpha value is -4.52. The number of fused-ring (bicyclic) bond motifs is 2. The highest BCUT2D eigenvalue weighted by molar-refractivity contribution is 6.34. The Morgan fingerprint density at radius 1 is 1.03 bits per heavy atom. The minimum absolute atomic E-state index is 0.162. The molecule has 0 unspecified atom stereocenters. The van der Waals surface area contributed by atoms with Gasteiger partial charge in [-0.15, -0.1) is 0 Å². The van der Waals surface area contributed by atoms with Gasteiger partial charge in [0.25, 0.3) is 5.91 Å². The van der Waals surface area contributed by atoms with Crippen LogP contribution in [0.3, 0.4) is 0 Å². The summed E-state index contributed by atoms with van der Waals surface area (Å²) in [5.41, 5.74) is 5.37. The van der Waals surface area contributed by atoms with Gasteiger partial charge in [0.05, 0.1) is 29.5 Å². The summed E-state index contributed by atoms with van der Waals surface area (Å²) in [4.78, 5) is 28.1. The number of aromatic amines is 1. The van der Waals surface area contributed by atoms with Gasteiger partial charge in [0, 0.05) is 17.1 Å². The smallest absolute Gasteiger partial charge is 0.337 e. The fraction of sp³-hybridized carbons (Fsp3) is 0.0400. The molecule has 0 aliphatic carbocycles. The first-order valence-electron chi connectivity index (χ1n) is 9.95. The van der Waals surface area contributed by atoms with E-state index in [2.05, 4.69) is 20.5 Å². The highest BCUT2D eigenvalue weighted by atomic mass is 16.5. The van der Waals surface area contributed by atoms with Gasteiger partial charge in [-0.25, -0.2) is 9.78 Å². The van der Waals surface area contributed by atoms with Crippen molar-refractivity contribution in [1.29, 1.82) is 0 Å². The van der Waals surface area contributed by atoms with Gasteiger partial charge in [-0.1, -0.05) is 24.3 Å². The average Bonchev–Trinajstić information content (AvgIpc) is 3.37. The number of H-pyrrole nitrogens is 1. The zero-order chi connectivity index (χ0) is 22.1. The molecule has 1 amide bonds. The second-order valence-electron chi connectivity index (χ2n) is 7.27. The predicted molar refractivity (Wildman–Crippen MR) is 124 cm³/mol. The van der Waals surface area contributed by atoms with Crippen molar-refractivity contribution < 1.29 is 14.3 Å². The van der Waals surface area contributed by atoms with Crippen LogP contribution in [-0.4, -0.2) is 34.2 Å². The van der Waals surface area contributed by atoms with E-state index in [1.807, 2.05) is 60.7 Å². The van der Waals surface area contributed by atoms with Crippen LogP contribution in [0.1, 0.15) is 32.7 Å². The summed E-state index contributed by atoms with van der Waals surface area (Å²) >= 11 is 0. The highest BCUT2D eigenvalue weighted by Gasteiger charge is 2.24. The molecule has 0 bridgehead atoms. The summed E-state index contributed by atoms with van der Waals surface area (Å²) < 4.78 is 4.72. The molecule has 4 aromatic rings. The number of ether oxygens (including phenoxy) is 1. The van der Waals surface area contributed by atoms with Crippen molar-refractivity contribution in [2.24, 2.45) is 0 Å². The number of methoxy groups -OCH3 is 1. The summed E-state index contributed by atoms with van der Waals surface area (Å²) in [6.07, 6.45) is 7.35. The topological polar surface area (TPSA) is 97.0 Å². The summed E-state index contributed by atoms with van der Waals surface area (Å²) in [7, 11) is 1.36. The summed E-state index contributed by atoms with van der Waals surface area (Å²) in [6.45, 7) is 0. The standard InChI is InChI=1S/C25H18N4O3/c1-32-25(31)17-8-4-15(5-9-17)7-11-21-19-10-6-16(14-22(19)29-28-21)13-20-18-3-2-12-26-23(18)27-24(20)30/h2-14H,1H3,(H,28,29)(H,26,27,30)/b11-7+,20-13?. The van der Waals surface area contributed by atoms with Crippen molar-refractivity contribution >= 4 is 52.4 Å². The molecule has 2 aromatic carbocycles. The van der Waals surface area contributed by atoms with E-state index in [9.17, 15) is 9.59 Å². The van der Waals surface area contributed by atoms with Gasteiger partial charge in [-0.05, 0) is 59.7 Å². The number of aromatic nitrogens is 3. The summed E-state index contributed by atoms with van der Waals surface area (Å²) in [5.74, 6) is 0.0584. The number of carbonyl (C=O) groups excluding carboxylic acids is 2. The van der Waals surface area contributed by atoms with E-state index in [4.69, 9.17) is 4.74 Å². The number of esters is 1. The van der Waals surface area contributed by atoms with Crippen molar-refractivity contribution in [2.75, 3.05) is 12.4 Å². The predicted octanol–water partition coefficient (Wildman–Crippen LogP) is 4.41. The van der Waals surface area contributed by atoms with Gasteiger partial charge < -0.3 is 10.1 Å². The van der Waals surface area contributed by atoms with E-state index in [0.29, 0.717) is 17.0 Å². The molecule has 2 aromatic heterocycles. The van der Waals surface area contributed by atoms with E-state index in [-0.39, 0.29) is 11.9 Å². The van der Waals surface area contributed by atoms with Gasteiger partial charge in [0.2, 0.25) is 0 Å². The van der Waals surface area contributed by atoms with Crippen LogP contribution in [0.4, 0.5) is 5.82 Å². The van der Waals surface area contributed by atoms with E-state index < -0.39 is 0 Å². The number of nitrogens with one attached hydrogen (secondary N) is 2. The second-order valence-corrected chi connectivity index (χ2v) is 7.27. The van der Waals surface area contributed by atoms with Crippen molar-refractivity contribution in [3.8, 4) is 0 Å². The number of carbonyl (C=O) groups is 2. The monoisotopic (exact) mass is 422 g/mol. The van der Waals surface area contributed by atoms with Crippen LogP contribution >= 0.6 is 0 Å². The van der Waals surface area contributed by atoms with Crippen molar-refractivity contribution in [1.82, 2.24) is 15.2 Å². The van der Waals surface area contributed by atoms with Crippen LogP contribution in [0.2, 0.25) is 0 Å². The molecule has 0 radical (unpaired) electrons. The normalized spacial score (nSPS) is 14.2. The van der Waals surface area contributed by atoms with E-state index in [0.717, 1.165) is 33.3 Å². The highest BCUT2D eigenvalue weighted by Crippen LogP contribution is 2.31.